The molecule has 1 aliphatic rings. The van der Waals surface area contributed by atoms with Crippen molar-refractivity contribution in [2.75, 3.05) is 18.0 Å². The van der Waals surface area contributed by atoms with Crippen LogP contribution in [-0.2, 0) is 0 Å². The summed E-state index contributed by atoms with van der Waals surface area (Å²) in [4.78, 5) is 12.9. The van der Waals surface area contributed by atoms with Crippen LogP contribution in [0.25, 0.3) is 0 Å². The lowest BCUT2D eigenvalue weighted by Crippen LogP contribution is -2.39. The van der Waals surface area contributed by atoms with Gasteiger partial charge in [0.05, 0.1) is 8.49 Å². The lowest BCUT2D eigenvalue weighted by molar-refractivity contribution is -0.385. The van der Waals surface area contributed by atoms with Gasteiger partial charge in [-0.05, 0) is 53.0 Å². The summed E-state index contributed by atoms with van der Waals surface area (Å²) in [5.41, 5.74) is 1.81. The molecule has 2 rings (SSSR count). The Kier molecular flexibility index (Phi) is 4.88. The Morgan fingerprint density at radius 3 is 2.35 bits per heavy atom. The molecule has 1 heterocycles. The van der Waals surface area contributed by atoms with E-state index in [1.807, 2.05) is 12.1 Å². The van der Waals surface area contributed by atoms with Crippen LogP contribution in [0.4, 0.5) is 11.4 Å². The SMILES string of the molecule is CCC1(CC)CCN(c2ccc([N+](=O)[O-])c(I)c2)CC1. The largest absolute Gasteiger partial charge is 0.371 e. The maximum Gasteiger partial charge on any atom is 0.282 e. The molecule has 0 saturated carbocycles. The van der Waals surface area contributed by atoms with Gasteiger partial charge in [0.1, 0.15) is 0 Å². The van der Waals surface area contributed by atoms with E-state index in [1.54, 1.807) is 6.07 Å². The number of halogens is 1. The van der Waals surface area contributed by atoms with Gasteiger partial charge in [-0.15, -0.1) is 0 Å². The number of nitro benzene ring substituents is 1. The van der Waals surface area contributed by atoms with Crippen LogP contribution >= 0.6 is 22.6 Å². The van der Waals surface area contributed by atoms with E-state index in [0.717, 1.165) is 18.8 Å². The van der Waals surface area contributed by atoms with Gasteiger partial charge in [0.25, 0.3) is 5.69 Å². The number of hydrogen-bond donors (Lipinski definition) is 0. The van der Waals surface area contributed by atoms with E-state index in [4.69, 9.17) is 0 Å². The standard InChI is InChI=1S/C15H21IN2O2/c1-3-15(4-2)7-9-17(10-8-15)12-5-6-14(18(19)20)13(16)11-12/h5-6,11H,3-4,7-10H2,1-2H3. The Morgan fingerprint density at radius 1 is 1.30 bits per heavy atom. The van der Waals surface area contributed by atoms with Crippen LogP contribution in [0, 0.1) is 19.1 Å². The highest BCUT2D eigenvalue weighted by atomic mass is 127. The average molecular weight is 388 g/mol. The zero-order valence-electron chi connectivity index (χ0n) is 12.1. The number of anilines is 1. The van der Waals surface area contributed by atoms with Crippen molar-refractivity contribution in [1.82, 2.24) is 0 Å². The van der Waals surface area contributed by atoms with E-state index >= 15 is 0 Å². The average Bonchev–Trinajstić information content (AvgIpc) is 2.47. The van der Waals surface area contributed by atoms with E-state index in [9.17, 15) is 10.1 Å². The molecule has 1 saturated heterocycles. The quantitative estimate of drug-likeness (QED) is 0.430. The maximum atomic E-state index is 10.9. The first-order valence-corrected chi connectivity index (χ1v) is 8.28. The van der Waals surface area contributed by atoms with E-state index < -0.39 is 0 Å². The molecule has 5 heteroatoms. The lowest BCUT2D eigenvalue weighted by Gasteiger charge is -2.42. The second kappa shape index (κ2) is 6.28. The van der Waals surface area contributed by atoms with Crippen LogP contribution in [0.2, 0.25) is 0 Å². The summed E-state index contributed by atoms with van der Waals surface area (Å²) in [6.07, 6.45) is 4.92. The fourth-order valence-corrected chi connectivity index (χ4v) is 3.73. The molecule has 0 amide bonds. The fourth-order valence-electron chi connectivity index (χ4n) is 3.04. The second-order valence-corrected chi connectivity index (χ2v) is 6.75. The maximum absolute atomic E-state index is 10.9. The van der Waals surface area contributed by atoms with Gasteiger partial charge in [0.2, 0.25) is 0 Å². The van der Waals surface area contributed by atoms with Crippen molar-refractivity contribution in [3.8, 4) is 0 Å². The van der Waals surface area contributed by atoms with Crippen LogP contribution in [0.3, 0.4) is 0 Å². The molecule has 0 bridgehead atoms. The number of rotatable bonds is 4. The molecule has 0 spiro atoms. The van der Waals surface area contributed by atoms with E-state index in [-0.39, 0.29) is 10.6 Å². The highest BCUT2D eigenvalue weighted by Gasteiger charge is 2.31. The van der Waals surface area contributed by atoms with Gasteiger partial charge >= 0.3 is 0 Å². The summed E-state index contributed by atoms with van der Waals surface area (Å²) in [6.45, 7) is 6.67. The zero-order valence-corrected chi connectivity index (χ0v) is 14.2. The third-order valence-corrected chi connectivity index (χ3v) is 5.68. The van der Waals surface area contributed by atoms with Crippen molar-refractivity contribution >= 4 is 34.0 Å². The fraction of sp³-hybridized carbons (Fsp3) is 0.600. The van der Waals surface area contributed by atoms with Crippen LogP contribution in [0.15, 0.2) is 18.2 Å². The minimum Gasteiger partial charge on any atom is -0.371 e. The lowest BCUT2D eigenvalue weighted by atomic mass is 9.74. The Bertz CT molecular complexity index is 491. The highest BCUT2D eigenvalue weighted by molar-refractivity contribution is 14.1. The van der Waals surface area contributed by atoms with Crippen molar-refractivity contribution in [3.05, 3.63) is 31.9 Å². The van der Waals surface area contributed by atoms with Crippen LogP contribution in [0.5, 0.6) is 0 Å². The van der Waals surface area contributed by atoms with Gasteiger partial charge in [-0.1, -0.05) is 26.7 Å². The molecule has 1 aromatic carbocycles. The number of benzene rings is 1. The molecular weight excluding hydrogens is 367 g/mol. The van der Waals surface area contributed by atoms with Gasteiger partial charge in [0, 0.05) is 24.8 Å². The first kappa shape index (κ1) is 15.5. The summed E-state index contributed by atoms with van der Waals surface area (Å²) in [7, 11) is 0. The molecule has 20 heavy (non-hydrogen) atoms. The first-order valence-electron chi connectivity index (χ1n) is 7.20. The van der Waals surface area contributed by atoms with Crippen LogP contribution in [-0.4, -0.2) is 18.0 Å². The van der Waals surface area contributed by atoms with Crippen molar-refractivity contribution in [2.24, 2.45) is 5.41 Å². The Balaban J connectivity index is 2.11. The highest BCUT2D eigenvalue weighted by Crippen LogP contribution is 2.39. The number of hydrogen-bond acceptors (Lipinski definition) is 3. The van der Waals surface area contributed by atoms with Gasteiger partial charge in [0.15, 0.2) is 0 Å². The molecule has 0 unspecified atom stereocenters. The topological polar surface area (TPSA) is 46.4 Å². The predicted octanol–water partition coefficient (Wildman–Crippen LogP) is 4.61. The van der Waals surface area contributed by atoms with Gasteiger partial charge < -0.3 is 4.90 Å². The number of nitrogens with zero attached hydrogens (tertiary/aromatic N) is 2. The Morgan fingerprint density at radius 2 is 1.90 bits per heavy atom. The predicted molar refractivity (Wildman–Crippen MR) is 90.3 cm³/mol. The van der Waals surface area contributed by atoms with Gasteiger partial charge in [-0.2, -0.15) is 0 Å². The molecule has 0 N–H and O–H groups in total. The summed E-state index contributed by atoms with van der Waals surface area (Å²) in [6, 6.07) is 5.44. The summed E-state index contributed by atoms with van der Waals surface area (Å²) in [5, 5.41) is 10.9. The minimum atomic E-state index is -0.319. The molecule has 110 valence electrons. The third kappa shape index (κ3) is 3.07. The van der Waals surface area contributed by atoms with E-state index in [0.29, 0.717) is 8.99 Å². The molecule has 0 atom stereocenters. The van der Waals surface area contributed by atoms with Crippen molar-refractivity contribution < 1.29 is 4.92 Å². The monoisotopic (exact) mass is 388 g/mol. The van der Waals surface area contributed by atoms with Crippen LogP contribution in [0.1, 0.15) is 39.5 Å². The summed E-state index contributed by atoms with van der Waals surface area (Å²) in [5.74, 6) is 0. The Labute approximate surface area is 133 Å². The molecule has 0 radical (unpaired) electrons. The second-order valence-electron chi connectivity index (χ2n) is 5.59. The van der Waals surface area contributed by atoms with E-state index in [1.165, 1.54) is 25.7 Å². The molecule has 1 aliphatic heterocycles. The molecule has 0 aromatic heterocycles. The molecular formula is C15H21IN2O2. The molecule has 0 aliphatic carbocycles. The molecule has 1 fully saturated rings. The van der Waals surface area contributed by atoms with Crippen molar-refractivity contribution in [1.29, 1.82) is 0 Å². The summed E-state index contributed by atoms with van der Waals surface area (Å²) >= 11 is 2.05. The summed E-state index contributed by atoms with van der Waals surface area (Å²) < 4.78 is 0.716. The third-order valence-electron chi connectivity index (χ3n) is 4.82. The normalized spacial score (nSPS) is 18.1. The van der Waals surface area contributed by atoms with Crippen molar-refractivity contribution in [2.45, 2.75) is 39.5 Å². The minimum absolute atomic E-state index is 0.197. The molecule has 4 nitrogen and oxygen atoms in total. The number of piperidine rings is 1. The van der Waals surface area contributed by atoms with Crippen LogP contribution < -0.4 is 4.90 Å². The molecule has 1 aromatic rings. The smallest absolute Gasteiger partial charge is 0.282 e. The van der Waals surface area contributed by atoms with Gasteiger partial charge in [-0.3, -0.25) is 10.1 Å². The van der Waals surface area contributed by atoms with Gasteiger partial charge in [-0.25, -0.2) is 0 Å². The Hall–Kier alpha value is -0.850. The zero-order chi connectivity index (χ0) is 14.8. The van der Waals surface area contributed by atoms with Crippen molar-refractivity contribution in [3.63, 3.8) is 0 Å². The number of nitro groups is 1. The van der Waals surface area contributed by atoms with E-state index in [2.05, 4.69) is 41.3 Å². The first-order chi connectivity index (χ1) is 9.51.